The number of hydrogen-bond donors (Lipinski definition) is 4. The molecule has 1 rings (SSSR count). The van der Waals surface area contributed by atoms with Gasteiger partial charge < -0.3 is 25.8 Å². The van der Waals surface area contributed by atoms with Gasteiger partial charge in [-0.25, -0.2) is 0 Å². The third kappa shape index (κ3) is 2.19. The Hall–Kier alpha value is -1.95. The smallest absolute Gasteiger partial charge is 0.313 e. The number of methoxy groups -OCH3 is 1. The first-order valence-corrected chi connectivity index (χ1v) is 5.31. The van der Waals surface area contributed by atoms with E-state index in [4.69, 9.17) is 5.73 Å². The van der Waals surface area contributed by atoms with Crippen LogP contribution in [0.3, 0.4) is 0 Å². The first kappa shape index (κ1) is 14.1. The van der Waals surface area contributed by atoms with Crippen molar-refractivity contribution in [3.05, 3.63) is 17.7 Å². The molecule has 0 spiro atoms. The van der Waals surface area contributed by atoms with Gasteiger partial charge in [0.25, 0.3) is 0 Å². The van der Waals surface area contributed by atoms with E-state index >= 15 is 0 Å². The largest absolute Gasteiger partial charge is 0.504 e. The van der Waals surface area contributed by atoms with Crippen LogP contribution in [0.15, 0.2) is 12.1 Å². The number of aromatic hydroxyl groups is 3. The highest BCUT2D eigenvalue weighted by atomic mass is 16.5. The van der Waals surface area contributed by atoms with Gasteiger partial charge in [0.1, 0.15) is 0 Å². The SMILES string of the molecule is COC(=O)C(C)(C)[C@@H](N)c1ccc(O)c(O)c1O. The predicted molar refractivity (Wildman–Crippen MR) is 64.2 cm³/mol. The molecule has 0 saturated carbocycles. The maximum Gasteiger partial charge on any atom is 0.313 e. The maximum absolute atomic E-state index is 11.6. The lowest BCUT2D eigenvalue weighted by Crippen LogP contribution is -2.37. The molecule has 1 aromatic rings. The highest BCUT2D eigenvalue weighted by Gasteiger charge is 2.38. The number of rotatable bonds is 3. The average molecular weight is 255 g/mol. The molecule has 1 atom stereocenters. The lowest BCUT2D eigenvalue weighted by molar-refractivity contribution is -0.152. The van der Waals surface area contributed by atoms with E-state index < -0.39 is 34.7 Å². The number of phenols is 3. The second kappa shape index (κ2) is 4.73. The summed E-state index contributed by atoms with van der Waals surface area (Å²) in [5.41, 5.74) is 4.98. The molecule has 0 aliphatic heterocycles. The van der Waals surface area contributed by atoms with Gasteiger partial charge in [0.2, 0.25) is 5.75 Å². The Kier molecular flexibility index (Phi) is 3.71. The van der Waals surface area contributed by atoms with Crippen molar-refractivity contribution in [2.45, 2.75) is 19.9 Å². The molecule has 1 aromatic carbocycles. The molecule has 0 fully saturated rings. The molecule has 0 radical (unpaired) electrons. The van der Waals surface area contributed by atoms with E-state index in [1.54, 1.807) is 13.8 Å². The van der Waals surface area contributed by atoms with Crippen LogP contribution < -0.4 is 5.73 Å². The van der Waals surface area contributed by atoms with Gasteiger partial charge in [0, 0.05) is 11.6 Å². The molecule has 100 valence electrons. The Balaban J connectivity index is 3.23. The summed E-state index contributed by atoms with van der Waals surface area (Å²) in [5.74, 6) is -2.20. The van der Waals surface area contributed by atoms with E-state index in [1.165, 1.54) is 19.2 Å². The third-order valence-corrected chi connectivity index (χ3v) is 2.99. The summed E-state index contributed by atoms with van der Waals surface area (Å²) in [7, 11) is 1.24. The minimum Gasteiger partial charge on any atom is -0.504 e. The topological polar surface area (TPSA) is 113 Å². The molecule has 5 N–H and O–H groups in total. The van der Waals surface area contributed by atoms with Crippen LogP contribution >= 0.6 is 0 Å². The van der Waals surface area contributed by atoms with E-state index in [-0.39, 0.29) is 5.56 Å². The van der Waals surface area contributed by atoms with Crippen LogP contribution in [0.1, 0.15) is 25.5 Å². The highest BCUT2D eigenvalue weighted by Crippen LogP contribution is 2.43. The highest BCUT2D eigenvalue weighted by molar-refractivity contribution is 5.77. The van der Waals surface area contributed by atoms with Gasteiger partial charge in [0.05, 0.1) is 12.5 Å². The van der Waals surface area contributed by atoms with Crippen LogP contribution in [-0.2, 0) is 9.53 Å². The quantitative estimate of drug-likeness (QED) is 0.473. The summed E-state index contributed by atoms with van der Waals surface area (Å²) >= 11 is 0. The van der Waals surface area contributed by atoms with E-state index in [0.29, 0.717) is 0 Å². The molecule has 0 aliphatic carbocycles. The number of esters is 1. The Labute approximate surface area is 105 Å². The second-order valence-electron chi connectivity index (χ2n) is 4.56. The fourth-order valence-electron chi connectivity index (χ4n) is 1.61. The molecule has 18 heavy (non-hydrogen) atoms. The minimum absolute atomic E-state index is 0.153. The third-order valence-electron chi connectivity index (χ3n) is 2.99. The van der Waals surface area contributed by atoms with Gasteiger partial charge in [0.15, 0.2) is 11.5 Å². The molecule has 6 heteroatoms. The molecular formula is C12H17NO5. The van der Waals surface area contributed by atoms with Crippen LogP contribution in [0.4, 0.5) is 0 Å². The summed E-state index contributed by atoms with van der Waals surface area (Å²) in [5, 5.41) is 28.4. The van der Waals surface area contributed by atoms with Crippen molar-refractivity contribution in [2.24, 2.45) is 11.1 Å². The van der Waals surface area contributed by atoms with Crippen molar-refractivity contribution in [1.29, 1.82) is 0 Å². The number of nitrogens with two attached hydrogens (primary N) is 1. The number of ether oxygens (including phenoxy) is 1. The number of carbonyl (C=O) groups excluding carboxylic acids is 1. The van der Waals surface area contributed by atoms with E-state index in [1.807, 2.05) is 0 Å². The van der Waals surface area contributed by atoms with Crippen LogP contribution in [0.5, 0.6) is 17.2 Å². The molecule has 0 aliphatic rings. The standard InChI is InChI=1S/C12H17NO5/c1-12(2,11(17)18-3)10(13)6-4-5-7(14)9(16)8(6)15/h4-5,10,14-16H,13H2,1-3H3/t10-/m0/s1. The zero-order valence-corrected chi connectivity index (χ0v) is 10.5. The van der Waals surface area contributed by atoms with Crippen molar-refractivity contribution >= 4 is 5.97 Å². The van der Waals surface area contributed by atoms with E-state index in [2.05, 4.69) is 4.74 Å². The van der Waals surface area contributed by atoms with Crippen LogP contribution in [0.2, 0.25) is 0 Å². The van der Waals surface area contributed by atoms with Crippen molar-refractivity contribution in [2.75, 3.05) is 7.11 Å². The van der Waals surface area contributed by atoms with Gasteiger partial charge in [-0.1, -0.05) is 0 Å². The molecule has 0 heterocycles. The van der Waals surface area contributed by atoms with Crippen molar-refractivity contribution < 1.29 is 24.9 Å². The van der Waals surface area contributed by atoms with Gasteiger partial charge in [-0.3, -0.25) is 4.79 Å². The van der Waals surface area contributed by atoms with Crippen molar-refractivity contribution in [1.82, 2.24) is 0 Å². The predicted octanol–water partition coefficient (Wildman–Crippen LogP) is 1.00. The number of carbonyl (C=O) groups is 1. The fraction of sp³-hybridized carbons (Fsp3) is 0.417. The first-order valence-electron chi connectivity index (χ1n) is 5.31. The van der Waals surface area contributed by atoms with Crippen molar-refractivity contribution in [3.63, 3.8) is 0 Å². The summed E-state index contributed by atoms with van der Waals surface area (Å²) in [6.45, 7) is 3.12. The van der Waals surface area contributed by atoms with E-state index in [9.17, 15) is 20.1 Å². The maximum atomic E-state index is 11.6. The van der Waals surface area contributed by atoms with E-state index in [0.717, 1.165) is 0 Å². The molecular weight excluding hydrogens is 238 g/mol. The number of hydrogen-bond acceptors (Lipinski definition) is 6. The average Bonchev–Trinajstić information content (AvgIpc) is 2.34. The molecule has 0 amide bonds. The van der Waals surface area contributed by atoms with Gasteiger partial charge >= 0.3 is 5.97 Å². The molecule has 0 unspecified atom stereocenters. The van der Waals surface area contributed by atoms with Crippen LogP contribution in [-0.4, -0.2) is 28.4 Å². The Morgan fingerprint density at radius 2 is 1.83 bits per heavy atom. The summed E-state index contributed by atoms with van der Waals surface area (Å²) < 4.78 is 4.64. The summed E-state index contributed by atoms with van der Waals surface area (Å²) in [6, 6.07) is 1.65. The fourth-order valence-corrected chi connectivity index (χ4v) is 1.61. The summed E-state index contributed by atoms with van der Waals surface area (Å²) in [6.07, 6.45) is 0. The Morgan fingerprint density at radius 3 is 2.33 bits per heavy atom. The van der Waals surface area contributed by atoms with Crippen LogP contribution in [0, 0.1) is 5.41 Å². The number of benzene rings is 1. The minimum atomic E-state index is -1.09. The Bertz CT molecular complexity index is 470. The zero-order valence-electron chi connectivity index (χ0n) is 10.5. The summed E-state index contributed by atoms with van der Waals surface area (Å²) in [4.78, 5) is 11.6. The van der Waals surface area contributed by atoms with Gasteiger partial charge in [-0.15, -0.1) is 0 Å². The van der Waals surface area contributed by atoms with Gasteiger partial charge in [-0.05, 0) is 26.0 Å². The lowest BCUT2D eigenvalue weighted by Gasteiger charge is -2.29. The first-order chi connectivity index (χ1) is 8.23. The molecule has 0 bridgehead atoms. The van der Waals surface area contributed by atoms with Crippen molar-refractivity contribution in [3.8, 4) is 17.2 Å². The lowest BCUT2D eigenvalue weighted by atomic mass is 9.80. The van der Waals surface area contributed by atoms with Gasteiger partial charge in [-0.2, -0.15) is 0 Å². The second-order valence-corrected chi connectivity index (χ2v) is 4.56. The Morgan fingerprint density at radius 1 is 1.28 bits per heavy atom. The monoisotopic (exact) mass is 255 g/mol. The normalized spacial score (nSPS) is 13.1. The molecule has 0 aromatic heterocycles. The molecule has 0 saturated heterocycles. The molecule has 6 nitrogen and oxygen atoms in total. The van der Waals surface area contributed by atoms with Crippen LogP contribution in [0.25, 0.3) is 0 Å². The zero-order chi connectivity index (χ0) is 14.1. The number of phenolic OH excluding ortho intramolecular Hbond substituents is 3.